The van der Waals surface area contributed by atoms with E-state index in [4.69, 9.17) is 9.47 Å². The SMILES string of the molecule is CCCC(OC)C(O)CCCCC1CCOCC1. The average molecular weight is 258 g/mol. The van der Waals surface area contributed by atoms with E-state index in [0.717, 1.165) is 44.8 Å². The van der Waals surface area contributed by atoms with Crippen LogP contribution in [-0.4, -0.2) is 37.6 Å². The Hall–Kier alpha value is -0.120. The highest BCUT2D eigenvalue weighted by Gasteiger charge is 2.18. The van der Waals surface area contributed by atoms with Gasteiger partial charge in [-0.1, -0.05) is 32.6 Å². The summed E-state index contributed by atoms with van der Waals surface area (Å²) < 4.78 is 10.7. The lowest BCUT2D eigenvalue weighted by atomic mass is 9.93. The predicted octanol–water partition coefficient (Wildman–Crippen LogP) is 3.15. The highest BCUT2D eigenvalue weighted by molar-refractivity contribution is 4.69. The molecule has 0 aliphatic carbocycles. The van der Waals surface area contributed by atoms with E-state index in [9.17, 15) is 5.11 Å². The first-order chi connectivity index (χ1) is 8.77. The van der Waals surface area contributed by atoms with Crippen LogP contribution in [-0.2, 0) is 9.47 Å². The minimum atomic E-state index is -0.287. The van der Waals surface area contributed by atoms with Gasteiger partial charge in [-0.25, -0.2) is 0 Å². The van der Waals surface area contributed by atoms with Gasteiger partial charge in [0, 0.05) is 20.3 Å². The first-order valence-electron chi connectivity index (χ1n) is 7.56. The van der Waals surface area contributed by atoms with Gasteiger partial charge in [0.1, 0.15) is 0 Å². The van der Waals surface area contributed by atoms with Crippen molar-refractivity contribution < 1.29 is 14.6 Å². The minimum absolute atomic E-state index is 0.0260. The van der Waals surface area contributed by atoms with Gasteiger partial charge in [-0.05, 0) is 31.6 Å². The van der Waals surface area contributed by atoms with Crippen molar-refractivity contribution in [2.75, 3.05) is 20.3 Å². The van der Waals surface area contributed by atoms with Gasteiger partial charge in [-0.15, -0.1) is 0 Å². The summed E-state index contributed by atoms with van der Waals surface area (Å²) in [5.74, 6) is 0.852. The number of methoxy groups -OCH3 is 1. The van der Waals surface area contributed by atoms with Crippen LogP contribution in [0.3, 0.4) is 0 Å². The monoisotopic (exact) mass is 258 g/mol. The largest absolute Gasteiger partial charge is 0.390 e. The van der Waals surface area contributed by atoms with Crippen LogP contribution in [0, 0.1) is 5.92 Å². The van der Waals surface area contributed by atoms with E-state index < -0.39 is 0 Å². The van der Waals surface area contributed by atoms with Crippen molar-refractivity contribution >= 4 is 0 Å². The lowest BCUT2D eigenvalue weighted by molar-refractivity contribution is -0.0214. The second-order valence-corrected chi connectivity index (χ2v) is 5.47. The van der Waals surface area contributed by atoms with Gasteiger partial charge >= 0.3 is 0 Å². The molecule has 1 rings (SSSR count). The summed E-state index contributed by atoms with van der Waals surface area (Å²) in [6.07, 6.45) is 8.71. The van der Waals surface area contributed by atoms with Crippen LogP contribution < -0.4 is 0 Å². The Morgan fingerprint density at radius 2 is 1.94 bits per heavy atom. The molecule has 0 aromatic heterocycles. The number of rotatable bonds is 9. The van der Waals surface area contributed by atoms with Crippen LogP contribution in [0.2, 0.25) is 0 Å². The third-order valence-electron chi connectivity index (χ3n) is 4.01. The zero-order valence-corrected chi connectivity index (χ0v) is 12.1. The maximum Gasteiger partial charge on any atom is 0.0830 e. The number of unbranched alkanes of at least 4 members (excludes halogenated alkanes) is 1. The molecule has 0 amide bonds. The van der Waals surface area contributed by atoms with Crippen molar-refractivity contribution in [2.24, 2.45) is 5.92 Å². The first kappa shape index (κ1) is 15.9. The third kappa shape index (κ3) is 6.17. The lowest BCUT2D eigenvalue weighted by Gasteiger charge is -2.23. The fraction of sp³-hybridized carbons (Fsp3) is 1.00. The second-order valence-electron chi connectivity index (χ2n) is 5.47. The topological polar surface area (TPSA) is 38.7 Å². The van der Waals surface area contributed by atoms with Gasteiger partial charge in [0.15, 0.2) is 0 Å². The van der Waals surface area contributed by atoms with Crippen molar-refractivity contribution in [1.29, 1.82) is 0 Å². The summed E-state index contributed by atoms with van der Waals surface area (Å²) in [7, 11) is 1.70. The van der Waals surface area contributed by atoms with Gasteiger partial charge in [0.2, 0.25) is 0 Å². The molecule has 0 spiro atoms. The molecule has 0 aromatic carbocycles. The fourth-order valence-electron chi connectivity index (χ4n) is 2.76. The third-order valence-corrected chi connectivity index (χ3v) is 4.01. The lowest BCUT2D eigenvalue weighted by Crippen LogP contribution is -2.27. The van der Waals surface area contributed by atoms with Gasteiger partial charge in [-0.2, -0.15) is 0 Å². The van der Waals surface area contributed by atoms with Crippen LogP contribution in [0.4, 0.5) is 0 Å². The molecular formula is C15H30O3. The molecule has 1 fully saturated rings. The molecule has 18 heavy (non-hydrogen) atoms. The summed E-state index contributed by atoms with van der Waals surface area (Å²) in [4.78, 5) is 0. The molecule has 0 bridgehead atoms. The molecule has 1 aliphatic heterocycles. The average Bonchev–Trinajstić information content (AvgIpc) is 2.42. The van der Waals surface area contributed by atoms with Crippen molar-refractivity contribution in [3.63, 3.8) is 0 Å². The van der Waals surface area contributed by atoms with E-state index in [2.05, 4.69) is 6.92 Å². The molecule has 1 saturated heterocycles. The molecule has 1 heterocycles. The molecule has 1 N–H and O–H groups in total. The molecule has 0 saturated carbocycles. The van der Waals surface area contributed by atoms with Gasteiger partial charge in [0.25, 0.3) is 0 Å². The van der Waals surface area contributed by atoms with Gasteiger partial charge < -0.3 is 14.6 Å². The fourth-order valence-corrected chi connectivity index (χ4v) is 2.76. The Balaban J connectivity index is 2.05. The number of aliphatic hydroxyl groups is 1. The van der Waals surface area contributed by atoms with Crippen LogP contribution >= 0.6 is 0 Å². The molecule has 2 atom stereocenters. The summed E-state index contributed by atoms with van der Waals surface area (Å²) in [6, 6.07) is 0. The molecule has 2 unspecified atom stereocenters. The van der Waals surface area contributed by atoms with Crippen LogP contribution in [0.1, 0.15) is 58.3 Å². The van der Waals surface area contributed by atoms with E-state index in [0.29, 0.717) is 0 Å². The van der Waals surface area contributed by atoms with E-state index in [-0.39, 0.29) is 12.2 Å². The van der Waals surface area contributed by atoms with Gasteiger partial charge in [0.05, 0.1) is 12.2 Å². The van der Waals surface area contributed by atoms with Crippen molar-refractivity contribution in [3.8, 4) is 0 Å². The number of hydrogen-bond donors (Lipinski definition) is 1. The van der Waals surface area contributed by atoms with Crippen molar-refractivity contribution in [3.05, 3.63) is 0 Å². The first-order valence-corrected chi connectivity index (χ1v) is 7.56. The number of hydrogen-bond acceptors (Lipinski definition) is 3. The zero-order chi connectivity index (χ0) is 13.2. The highest BCUT2D eigenvalue weighted by atomic mass is 16.5. The zero-order valence-electron chi connectivity index (χ0n) is 12.1. The Bertz CT molecular complexity index is 190. The summed E-state index contributed by atoms with van der Waals surface area (Å²) in [5, 5.41) is 10.0. The Morgan fingerprint density at radius 3 is 2.56 bits per heavy atom. The highest BCUT2D eigenvalue weighted by Crippen LogP contribution is 2.22. The predicted molar refractivity (Wildman–Crippen MR) is 73.7 cm³/mol. The van der Waals surface area contributed by atoms with E-state index >= 15 is 0 Å². The molecule has 0 aromatic rings. The van der Waals surface area contributed by atoms with Crippen LogP contribution in [0.25, 0.3) is 0 Å². The van der Waals surface area contributed by atoms with Crippen LogP contribution in [0.15, 0.2) is 0 Å². The number of aliphatic hydroxyl groups excluding tert-OH is 1. The van der Waals surface area contributed by atoms with Gasteiger partial charge in [-0.3, -0.25) is 0 Å². The standard InChI is InChI=1S/C15H30O3/c1-3-6-15(17-2)14(16)8-5-4-7-13-9-11-18-12-10-13/h13-16H,3-12H2,1-2H3. The molecule has 1 aliphatic rings. The summed E-state index contributed by atoms with van der Waals surface area (Å²) in [6.45, 7) is 4.01. The molecule has 3 nitrogen and oxygen atoms in total. The second kappa shape index (κ2) is 9.76. The van der Waals surface area contributed by atoms with Crippen molar-refractivity contribution in [1.82, 2.24) is 0 Å². The molecular weight excluding hydrogens is 228 g/mol. The summed E-state index contributed by atoms with van der Waals surface area (Å²) >= 11 is 0. The van der Waals surface area contributed by atoms with E-state index in [1.165, 1.54) is 25.7 Å². The Morgan fingerprint density at radius 1 is 1.22 bits per heavy atom. The Labute approximate surface area is 112 Å². The maximum atomic E-state index is 10.0. The van der Waals surface area contributed by atoms with E-state index in [1.54, 1.807) is 7.11 Å². The maximum absolute atomic E-state index is 10.0. The summed E-state index contributed by atoms with van der Waals surface area (Å²) in [5.41, 5.74) is 0. The molecule has 0 radical (unpaired) electrons. The number of ether oxygens (including phenoxy) is 2. The van der Waals surface area contributed by atoms with Crippen molar-refractivity contribution in [2.45, 2.75) is 70.5 Å². The van der Waals surface area contributed by atoms with E-state index in [1.807, 2.05) is 0 Å². The minimum Gasteiger partial charge on any atom is -0.390 e. The molecule has 108 valence electrons. The smallest absolute Gasteiger partial charge is 0.0830 e. The van der Waals surface area contributed by atoms with Crippen LogP contribution in [0.5, 0.6) is 0 Å². The quantitative estimate of drug-likeness (QED) is 0.646. The normalized spacial score (nSPS) is 20.8. The molecule has 3 heteroatoms. The Kier molecular flexibility index (Phi) is 8.64.